The molecule has 0 bridgehead atoms. The summed E-state index contributed by atoms with van der Waals surface area (Å²) in [5, 5.41) is 7.50. The number of rotatable bonds is 6. The molecular weight excluding hydrogens is 350 g/mol. The Morgan fingerprint density at radius 3 is 2.36 bits per heavy atom. The highest BCUT2D eigenvalue weighted by molar-refractivity contribution is 5.72. The molecular formula is C23H21N3O2. The molecule has 0 aliphatic heterocycles. The molecule has 0 spiro atoms. The van der Waals surface area contributed by atoms with Gasteiger partial charge in [0.2, 0.25) is 5.88 Å². The molecule has 0 saturated carbocycles. The number of aryl methyl sites for hydroxylation is 2. The van der Waals surface area contributed by atoms with E-state index in [9.17, 15) is 0 Å². The zero-order valence-corrected chi connectivity index (χ0v) is 15.8. The number of hydrogen-bond acceptors (Lipinski definition) is 5. The molecule has 0 radical (unpaired) electrons. The Morgan fingerprint density at radius 2 is 1.68 bits per heavy atom. The molecule has 0 fully saturated rings. The van der Waals surface area contributed by atoms with Crippen LogP contribution in [0, 0.1) is 13.8 Å². The minimum Gasteiger partial charge on any atom is -0.437 e. The van der Waals surface area contributed by atoms with Crippen LogP contribution in [0.4, 0.5) is 5.69 Å². The predicted octanol–water partition coefficient (Wildman–Crippen LogP) is 5.76. The highest BCUT2D eigenvalue weighted by Gasteiger charge is 2.15. The van der Waals surface area contributed by atoms with Crippen LogP contribution in [-0.2, 0) is 6.54 Å². The zero-order chi connectivity index (χ0) is 19.3. The summed E-state index contributed by atoms with van der Waals surface area (Å²) in [6.45, 7) is 4.50. The number of anilines is 1. The van der Waals surface area contributed by atoms with Crippen molar-refractivity contribution >= 4 is 5.69 Å². The first-order valence-electron chi connectivity index (χ1n) is 9.14. The Kier molecular flexibility index (Phi) is 5.06. The van der Waals surface area contributed by atoms with Gasteiger partial charge >= 0.3 is 0 Å². The van der Waals surface area contributed by atoms with Crippen molar-refractivity contribution < 1.29 is 9.26 Å². The van der Waals surface area contributed by atoms with Crippen molar-refractivity contribution in [2.45, 2.75) is 20.4 Å². The van der Waals surface area contributed by atoms with E-state index in [1.165, 1.54) is 5.56 Å². The summed E-state index contributed by atoms with van der Waals surface area (Å²) in [6.07, 6.45) is 1.79. The summed E-state index contributed by atoms with van der Waals surface area (Å²) in [5.74, 6) is 2.03. The molecule has 2 aromatic heterocycles. The highest BCUT2D eigenvalue weighted by atomic mass is 16.5. The summed E-state index contributed by atoms with van der Waals surface area (Å²) >= 11 is 0. The zero-order valence-electron chi connectivity index (χ0n) is 15.8. The van der Waals surface area contributed by atoms with Crippen LogP contribution in [0.5, 0.6) is 11.6 Å². The Bertz CT molecular complexity index is 1040. The minimum absolute atomic E-state index is 0.526. The monoisotopic (exact) mass is 371 g/mol. The fraction of sp³-hybridized carbons (Fsp3) is 0.130. The van der Waals surface area contributed by atoms with Gasteiger partial charge in [-0.3, -0.25) is 0 Å². The third-order valence-corrected chi connectivity index (χ3v) is 4.46. The number of nitrogens with zero attached hydrogens (tertiary/aromatic N) is 2. The van der Waals surface area contributed by atoms with Crippen molar-refractivity contribution in [3.63, 3.8) is 0 Å². The van der Waals surface area contributed by atoms with E-state index < -0.39 is 0 Å². The second-order valence-electron chi connectivity index (χ2n) is 6.53. The van der Waals surface area contributed by atoms with E-state index >= 15 is 0 Å². The molecule has 0 atom stereocenters. The van der Waals surface area contributed by atoms with Crippen LogP contribution in [-0.4, -0.2) is 10.1 Å². The lowest BCUT2D eigenvalue weighted by Gasteiger charge is -2.14. The number of ether oxygens (including phenoxy) is 1. The van der Waals surface area contributed by atoms with Gasteiger partial charge in [-0.2, -0.15) is 0 Å². The minimum atomic E-state index is 0.526. The molecule has 0 aliphatic rings. The molecule has 0 aliphatic carbocycles. The fourth-order valence-electron chi connectivity index (χ4n) is 3.09. The van der Waals surface area contributed by atoms with Crippen molar-refractivity contribution in [2.24, 2.45) is 0 Å². The first-order chi connectivity index (χ1) is 13.7. The maximum absolute atomic E-state index is 6.02. The molecule has 0 saturated heterocycles. The van der Waals surface area contributed by atoms with Crippen LogP contribution in [0.25, 0.3) is 11.1 Å². The third-order valence-electron chi connectivity index (χ3n) is 4.46. The lowest BCUT2D eigenvalue weighted by Crippen LogP contribution is -2.03. The SMILES string of the molecule is Cc1noc(C)c1-c1cnc(Oc2ccccc2)c(NCc2ccccc2)c1. The summed E-state index contributed by atoms with van der Waals surface area (Å²) in [5.41, 5.74) is 4.72. The van der Waals surface area contributed by atoms with Gasteiger partial charge in [-0.25, -0.2) is 4.98 Å². The van der Waals surface area contributed by atoms with E-state index in [-0.39, 0.29) is 0 Å². The molecule has 5 heteroatoms. The summed E-state index contributed by atoms with van der Waals surface area (Å²) < 4.78 is 11.3. The average molecular weight is 371 g/mol. The van der Waals surface area contributed by atoms with Crippen molar-refractivity contribution in [3.8, 4) is 22.8 Å². The van der Waals surface area contributed by atoms with Crippen LogP contribution < -0.4 is 10.1 Å². The summed E-state index contributed by atoms with van der Waals surface area (Å²) in [4.78, 5) is 4.57. The second-order valence-corrected chi connectivity index (χ2v) is 6.53. The largest absolute Gasteiger partial charge is 0.437 e. The van der Waals surface area contributed by atoms with Gasteiger partial charge < -0.3 is 14.6 Å². The van der Waals surface area contributed by atoms with Gasteiger partial charge in [0.1, 0.15) is 11.5 Å². The van der Waals surface area contributed by atoms with Gasteiger partial charge in [0.25, 0.3) is 0 Å². The van der Waals surface area contributed by atoms with E-state index in [0.717, 1.165) is 34.0 Å². The first-order valence-corrected chi connectivity index (χ1v) is 9.14. The molecule has 5 nitrogen and oxygen atoms in total. The standard InChI is InChI=1S/C23H21N3O2/c1-16-22(17(2)28-26-16)19-13-21(24-14-18-9-5-3-6-10-18)23(25-15-19)27-20-11-7-4-8-12-20/h3-13,15,24H,14H2,1-2H3. The molecule has 140 valence electrons. The molecule has 2 heterocycles. The van der Waals surface area contributed by atoms with Crippen LogP contribution >= 0.6 is 0 Å². The fourth-order valence-corrected chi connectivity index (χ4v) is 3.09. The molecule has 1 N–H and O–H groups in total. The maximum Gasteiger partial charge on any atom is 0.242 e. The van der Waals surface area contributed by atoms with Gasteiger partial charge in [0.05, 0.1) is 11.4 Å². The van der Waals surface area contributed by atoms with Crippen LogP contribution in [0.15, 0.2) is 77.4 Å². The quantitative estimate of drug-likeness (QED) is 0.467. The number of para-hydroxylation sites is 1. The lowest BCUT2D eigenvalue weighted by atomic mass is 10.1. The van der Waals surface area contributed by atoms with E-state index in [1.807, 2.05) is 68.4 Å². The molecule has 0 unspecified atom stereocenters. The van der Waals surface area contributed by atoms with Gasteiger partial charge in [0, 0.05) is 23.9 Å². The van der Waals surface area contributed by atoms with Gasteiger partial charge in [0.15, 0.2) is 0 Å². The highest BCUT2D eigenvalue weighted by Crippen LogP contribution is 2.34. The number of benzene rings is 2. The third kappa shape index (κ3) is 3.88. The Morgan fingerprint density at radius 1 is 0.964 bits per heavy atom. The van der Waals surface area contributed by atoms with Crippen molar-refractivity contribution in [1.82, 2.24) is 10.1 Å². The molecule has 0 amide bonds. The van der Waals surface area contributed by atoms with E-state index in [4.69, 9.17) is 9.26 Å². The summed E-state index contributed by atoms with van der Waals surface area (Å²) in [6, 6.07) is 21.9. The predicted molar refractivity (Wildman–Crippen MR) is 109 cm³/mol. The molecule has 28 heavy (non-hydrogen) atoms. The topological polar surface area (TPSA) is 60.2 Å². The second kappa shape index (κ2) is 7.96. The van der Waals surface area contributed by atoms with Crippen LogP contribution in [0.2, 0.25) is 0 Å². The molecule has 4 rings (SSSR count). The van der Waals surface area contributed by atoms with Crippen molar-refractivity contribution in [1.29, 1.82) is 0 Å². The van der Waals surface area contributed by atoms with E-state index in [2.05, 4.69) is 27.6 Å². The van der Waals surface area contributed by atoms with Gasteiger partial charge in [-0.1, -0.05) is 53.7 Å². The number of nitrogens with one attached hydrogen (secondary N) is 1. The van der Waals surface area contributed by atoms with Gasteiger partial charge in [-0.05, 0) is 37.6 Å². The first kappa shape index (κ1) is 17.8. The van der Waals surface area contributed by atoms with Gasteiger partial charge in [-0.15, -0.1) is 0 Å². The lowest BCUT2D eigenvalue weighted by molar-refractivity contribution is 0.393. The number of pyridine rings is 1. The van der Waals surface area contributed by atoms with Crippen molar-refractivity contribution in [3.05, 3.63) is 89.9 Å². The average Bonchev–Trinajstić information content (AvgIpc) is 3.07. The maximum atomic E-state index is 6.02. The smallest absolute Gasteiger partial charge is 0.242 e. The number of hydrogen-bond donors (Lipinski definition) is 1. The number of aromatic nitrogens is 2. The Balaban J connectivity index is 1.68. The van der Waals surface area contributed by atoms with E-state index in [1.54, 1.807) is 6.20 Å². The normalized spacial score (nSPS) is 10.6. The van der Waals surface area contributed by atoms with Crippen LogP contribution in [0.1, 0.15) is 17.0 Å². The molecule has 4 aromatic rings. The Labute approximate surface area is 164 Å². The Hall–Kier alpha value is -3.60. The summed E-state index contributed by atoms with van der Waals surface area (Å²) in [7, 11) is 0. The van der Waals surface area contributed by atoms with Crippen LogP contribution in [0.3, 0.4) is 0 Å². The van der Waals surface area contributed by atoms with E-state index in [0.29, 0.717) is 12.4 Å². The van der Waals surface area contributed by atoms with Crippen molar-refractivity contribution in [2.75, 3.05) is 5.32 Å². The molecule has 2 aromatic carbocycles.